The lowest BCUT2D eigenvalue weighted by molar-refractivity contribution is -0.123. The first-order valence-electron chi connectivity index (χ1n) is 10.2. The number of nitrogens with zero attached hydrogens (tertiary/aromatic N) is 2. The van der Waals surface area contributed by atoms with Crippen molar-refractivity contribution in [3.63, 3.8) is 0 Å². The molecule has 0 bridgehead atoms. The third-order valence-corrected chi connectivity index (χ3v) is 6.28. The van der Waals surface area contributed by atoms with Gasteiger partial charge in [-0.1, -0.05) is 36.0 Å². The zero-order valence-corrected chi connectivity index (χ0v) is 19.3. The highest BCUT2D eigenvalue weighted by molar-refractivity contribution is 8.00. The summed E-state index contributed by atoms with van der Waals surface area (Å²) in [5.74, 6) is -0.462. The van der Waals surface area contributed by atoms with E-state index in [9.17, 15) is 9.59 Å². The Morgan fingerprint density at radius 1 is 1.03 bits per heavy atom. The number of amides is 2. The number of rotatable bonds is 7. The van der Waals surface area contributed by atoms with Gasteiger partial charge in [0.05, 0.1) is 11.8 Å². The van der Waals surface area contributed by atoms with E-state index in [1.807, 2.05) is 55.8 Å². The number of carbonyl (C=O) groups excluding carboxylic acids is 2. The monoisotopic (exact) mass is 436 g/mol. The van der Waals surface area contributed by atoms with Gasteiger partial charge in [0.15, 0.2) is 5.16 Å². The van der Waals surface area contributed by atoms with Crippen LogP contribution in [0.3, 0.4) is 0 Å². The van der Waals surface area contributed by atoms with Crippen molar-refractivity contribution in [2.45, 2.75) is 45.0 Å². The maximum absolute atomic E-state index is 12.6. The molecule has 3 rings (SSSR count). The number of hydrogen-bond donors (Lipinski definition) is 2. The van der Waals surface area contributed by atoms with Gasteiger partial charge in [0.1, 0.15) is 0 Å². The van der Waals surface area contributed by atoms with Gasteiger partial charge in [-0.3, -0.25) is 14.2 Å². The van der Waals surface area contributed by atoms with E-state index in [0.29, 0.717) is 0 Å². The molecule has 2 aromatic carbocycles. The molecule has 2 N–H and O–H groups in total. The SMILES string of the molecule is Cc1ccc(-n2ccnc2SC(C)C(=O)NCC(=O)Nc2c(C)cccc2C)cc1C. The summed E-state index contributed by atoms with van der Waals surface area (Å²) < 4.78 is 1.97. The van der Waals surface area contributed by atoms with Gasteiger partial charge in [-0.15, -0.1) is 0 Å². The summed E-state index contributed by atoms with van der Waals surface area (Å²) >= 11 is 1.36. The number of carbonyl (C=O) groups is 2. The molecule has 0 saturated carbocycles. The molecule has 1 aromatic heterocycles. The Kier molecular flexibility index (Phi) is 7.17. The van der Waals surface area contributed by atoms with Crippen LogP contribution in [0.5, 0.6) is 0 Å². The minimum atomic E-state index is -0.402. The summed E-state index contributed by atoms with van der Waals surface area (Å²) in [4.78, 5) is 29.3. The van der Waals surface area contributed by atoms with Crippen LogP contribution in [0.15, 0.2) is 53.9 Å². The highest BCUT2D eigenvalue weighted by Gasteiger charge is 2.19. The average molecular weight is 437 g/mol. The zero-order valence-electron chi connectivity index (χ0n) is 18.5. The van der Waals surface area contributed by atoms with Gasteiger partial charge < -0.3 is 10.6 Å². The van der Waals surface area contributed by atoms with Gasteiger partial charge in [-0.25, -0.2) is 4.98 Å². The molecule has 31 heavy (non-hydrogen) atoms. The summed E-state index contributed by atoms with van der Waals surface area (Å²) in [7, 11) is 0. The van der Waals surface area contributed by atoms with Crippen LogP contribution in [-0.4, -0.2) is 33.2 Å². The van der Waals surface area contributed by atoms with E-state index in [1.165, 1.54) is 22.9 Å². The van der Waals surface area contributed by atoms with Crippen molar-refractivity contribution in [1.29, 1.82) is 0 Å². The van der Waals surface area contributed by atoms with Crippen LogP contribution in [0.1, 0.15) is 29.2 Å². The molecule has 0 aliphatic carbocycles. The maximum atomic E-state index is 12.6. The number of anilines is 1. The Labute approximate surface area is 187 Å². The van der Waals surface area contributed by atoms with E-state index in [2.05, 4.69) is 41.6 Å². The van der Waals surface area contributed by atoms with Crippen LogP contribution in [-0.2, 0) is 9.59 Å². The van der Waals surface area contributed by atoms with E-state index in [-0.39, 0.29) is 18.4 Å². The second kappa shape index (κ2) is 9.83. The molecule has 2 amide bonds. The molecule has 0 aliphatic heterocycles. The maximum Gasteiger partial charge on any atom is 0.243 e. The lowest BCUT2D eigenvalue weighted by Crippen LogP contribution is -2.37. The standard InChI is InChI=1S/C24H28N4O2S/c1-15-9-10-20(13-18(15)4)28-12-11-25-24(28)31-19(5)23(30)26-14-21(29)27-22-16(2)7-6-8-17(22)3/h6-13,19H,14H2,1-5H3,(H,26,30)(H,27,29). The molecular weight excluding hydrogens is 408 g/mol. The number of imidazole rings is 1. The van der Waals surface area contributed by atoms with Crippen LogP contribution in [0.4, 0.5) is 5.69 Å². The van der Waals surface area contributed by atoms with Gasteiger partial charge in [0.2, 0.25) is 11.8 Å². The number of nitrogens with one attached hydrogen (secondary N) is 2. The number of thioether (sulfide) groups is 1. The van der Waals surface area contributed by atoms with E-state index in [1.54, 1.807) is 6.20 Å². The second-order valence-electron chi connectivity index (χ2n) is 7.64. The van der Waals surface area contributed by atoms with E-state index in [4.69, 9.17) is 0 Å². The molecular formula is C24H28N4O2S. The van der Waals surface area contributed by atoms with Gasteiger partial charge in [0, 0.05) is 23.8 Å². The lowest BCUT2D eigenvalue weighted by Gasteiger charge is -2.15. The lowest BCUT2D eigenvalue weighted by atomic mass is 10.1. The largest absolute Gasteiger partial charge is 0.346 e. The fourth-order valence-corrected chi connectivity index (χ4v) is 4.08. The molecule has 0 saturated heterocycles. The second-order valence-corrected chi connectivity index (χ2v) is 8.95. The van der Waals surface area contributed by atoms with Crippen LogP contribution >= 0.6 is 11.8 Å². The minimum absolute atomic E-state index is 0.0803. The molecule has 0 fully saturated rings. The van der Waals surface area contributed by atoms with Crippen LogP contribution in [0.2, 0.25) is 0 Å². The van der Waals surface area contributed by atoms with Crippen molar-refractivity contribution in [2.75, 3.05) is 11.9 Å². The topological polar surface area (TPSA) is 76.0 Å². The van der Waals surface area contributed by atoms with Crippen molar-refractivity contribution in [3.8, 4) is 5.69 Å². The molecule has 7 heteroatoms. The van der Waals surface area contributed by atoms with Crippen molar-refractivity contribution >= 4 is 29.3 Å². The highest BCUT2D eigenvalue weighted by Crippen LogP contribution is 2.25. The number of benzene rings is 2. The van der Waals surface area contributed by atoms with Crippen molar-refractivity contribution in [3.05, 3.63) is 71.0 Å². The van der Waals surface area contributed by atoms with E-state index < -0.39 is 5.25 Å². The Morgan fingerprint density at radius 2 is 1.74 bits per heavy atom. The first-order valence-corrected chi connectivity index (χ1v) is 11.1. The fraction of sp³-hybridized carbons (Fsp3) is 0.292. The predicted octanol–water partition coefficient (Wildman–Crippen LogP) is 4.34. The average Bonchev–Trinajstić information content (AvgIpc) is 3.19. The molecule has 6 nitrogen and oxygen atoms in total. The summed E-state index contributed by atoms with van der Waals surface area (Å²) in [6, 6.07) is 12.0. The molecule has 0 spiro atoms. The molecule has 1 atom stereocenters. The first kappa shape index (κ1) is 22.6. The Morgan fingerprint density at radius 3 is 2.42 bits per heavy atom. The van der Waals surface area contributed by atoms with E-state index >= 15 is 0 Å². The molecule has 3 aromatic rings. The Balaban J connectivity index is 1.58. The van der Waals surface area contributed by atoms with Crippen molar-refractivity contribution in [2.24, 2.45) is 0 Å². The first-order chi connectivity index (χ1) is 14.8. The number of aromatic nitrogens is 2. The number of aryl methyl sites for hydroxylation is 4. The van der Waals surface area contributed by atoms with Crippen LogP contribution in [0.25, 0.3) is 5.69 Å². The smallest absolute Gasteiger partial charge is 0.243 e. The minimum Gasteiger partial charge on any atom is -0.346 e. The summed E-state index contributed by atoms with van der Waals surface area (Å²) in [5.41, 5.74) is 6.19. The molecule has 0 aliphatic rings. The molecule has 1 heterocycles. The van der Waals surface area contributed by atoms with Crippen molar-refractivity contribution in [1.82, 2.24) is 14.9 Å². The summed E-state index contributed by atoms with van der Waals surface area (Å²) in [6.07, 6.45) is 3.61. The Hall–Kier alpha value is -3.06. The summed E-state index contributed by atoms with van der Waals surface area (Å²) in [6.45, 7) is 9.76. The normalized spacial score (nSPS) is 11.8. The van der Waals surface area contributed by atoms with Crippen molar-refractivity contribution < 1.29 is 9.59 Å². The van der Waals surface area contributed by atoms with Gasteiger partial charge in [-0.2, -0.15) is 0 Å². The molecule has 162 valence electrons. The third-order valence-electron chi connectivity index (χ3n) is 5.20. The quantitative estimate of drug-likeness (QED) is 0.540. The number of para-hydroxylation sites is 1. The van der Waals surface area contributed by atoms with Gasteiger partial charge >= 0.3 is 0 Å². The highest BCUT2D eigenvalue weighted by atomic mass is 32.2. The molecule has 1 unspecified atom stereocenters. The third kappa shape index (κ3) is 5.55. The fourth-order valence-electron chi connectivity index (χ4n) is 3.17. The van der Waals surface area contributed by atoms with E-state index in [0.717, 1.165) is 27.7 Å². The van der Waals surface area contributed by atoms with Gasteiger partial charge in [0.25, 0.3) is 0 Å². The predicted molar refractivity (Wildman–Crippen MR) is 126 cm³/mol. The Bertz CT molecular complexity index is 1090. The van der Waals surface area contributed by atoms with Gasteiger partial charge in [-0.05, 0) is 69.0 Å². The number of hydrogen-bond acceptors (Lipinski definition) is 4. The van der Waals surface area contributed by atoms with Crippen LogP contribution in [0, 0.1) is 27.7 Å². The molecule has 0 radical (unpaired) electrons. The zero-order chi connectivity index (χ0) is 22.5. The van der Waals surface area contributed by atoms with Crippen LogP contribution < -0.4 is 10.6 Å². The summed E-state index contributed by atoms with van der Waals surface area (Å²) in [5, 5.41) is 5.93.